The number of carboxylic acids is 1. The molecule has 3 N–H and O–H groups in total. The first-order valence-corrected chi connectivity index (χ1v) is 10.1. The molecule has 2 amide bonds. The van der Waals surface area contributed by atoms with Gasteiger partial charge in [0.15, 0.2) is 11.5 Å². The van der Waals surface area contributed by atoms with Crippen LogP contribution in [0.1, 0.15) is 42.3 Å². The Morgan fingerprint density at radius 3 is 2.38 bits per heavy atom. The van der Waals surface area contributed by atoms with Crippen LogP contribution >= 0.6 is 0 Å². The fourth-order valence-corrected chi connectivity index (χ4v) is 3.33. The van der Waals surface area contributed by atoms with Gasteiger partial charge in [0.1, 0.15) is 23.2 Å². The van der Waals surface area contributed by atoms with Crippen LogP contribution in [0.25, 0.3) is 11.0 Å². The number of aromatic carboxylic acids is 1. The summed E-state index contributed by atoms with van der Waals surface area (Å²) in [6.07, 6.45) is 1.19. The maximum absolute atomic E-state index is 13.5. The van der Waals surface area contributed by atoms with Crippen molar-refractivity contribution in [3.05, 3.63) is 82.6 Å². The zero-order valence-electron chi connectivity index (χ0n) is 18.2. The van der Waals surface area contributed by atoms with E-state index in [4.69, 9.17) is 5.11 Å². The number of carbonyl (C=O) groups excluding carboxylic acids is 2. The second-order valence-corrected chi connectivity index (χ2v) is 7.49. The summed E-state index contributed by atoms with van der Waals surface area (Å²) in [6, 6.07) is 9.99. The third-order valence-corrected chi connectivity index (χ3v) is 5.14. The summed E-state index contributed by atoms with van der Waals surface area (Å²) >= 11 is 0. The number of fused-ring (bicyclic) bond motifs is 1. The molecule has 0 unspecified atom stereocenters. The Hall–Kier alpha value is -4.67. The lowest BCUT2D eigenvalue weighted by Gasteiger charge is -2.07. The van der Waals surface area contributed by atoms with Gasteiger partial charge in [0, 0.05) is 19.2 Å². The number of nitrogens with zero attached hydrogens (tertiary/aromatic N) is 4. The fraction of sp³-hybridized carbons (Fsp3) is 0.130. The van der Waals surface area contributed by atoms with Crippen LogP contribution in [0, 0.1) is 12.7 Å². The van der Waals surface area contributed by atoms with E-state index in [-0.39, 0.29) is 46.0 Å². The van der Waals surface area contributed by atoms with Gasteiger partial charge in [-0.25, -0.2) is 23.8 Å². The average molecular weight is 462 g/mol. The molecule has 0 spiro atoms. The monoisotopic (exact) mass is 462 g/mol. The van der Waals surface area contributed by atoms with Gasteiger partial charge in [0.2, 0.25) is 0 Å². The van der Waals surface area contributed by atoms with Crippen molar-refractivity contribution >= 4 is 34.6 Å². The average Bonchev–Trinajstić information content (AvgIpc) is 3.14. The molecule has 2 aromatic heterocycles. The Morgan fingerprint density at radius 1 is 1.00 bits per heavy atom. The number of amides is 2. The standard InChI is InChI=1S/C23H19FN6O4/c1-12-9-13(3-8-16(12)24)10-25-22(32)19-17-18(26-11-27-19)20(30(2)29-17)28-21(31)14-4-6-15(7-5-14)23(33)34/h3-9,11H,10H2,1-2H3,(H,25,32)(H,28,31)(H,33,34). The third kappa shape index (κ3) is 4.44. The van der Waals surface area contributed by atoms with E-state index in [9.17, 15) is 18.8 Å². The van der Waals surface area contributed by atoms with Crippen molar-refractivity contribution in [2.24, 2.45) is 7.05 Å². The predicted molar refractivity (Wildman–Crippen MR) is 120 cm³/mol. The molecule has 2 aromatic carbocycles. The topological polar surface area (TPSA) is 139 Å². The summed E-state index contributed by atoms with van der Waals surface area (Å²) in [7, 11) is 1.58. The van der Waals surface area contributed by atoms with Crippen molar-refractivity contribution in [3.63, 3.8) is 0 Å². The molecule has 0 aliphatic heterocycles. The van der Waals surface area contributed by atoms with Crippen molar-refractivity contribution in [1.29, 1.82) is 0 Å². The van der Waals surface area contributed by atoms with Crippen LogP contribution < -0.4 is 10.6 Å². The normalized spacial score (nSPS) is 10.8. The van der Waals surface area contributed by atoms with Crippen molar-refractivity contribution in [3.8, 4) is 0 Å². The second kappa shape index (κ2) is 9.06. The maximum atomic E-state index is 13.5. The summed E-state index contributed by atoms with van der Waals surface area (Å²) < 4.78 is 14.8. The summed E-state index contributed by atoms with van der Waals surface area (Å²) in [5, 5.41) is 18.7. The first-order chi connectivity index (χ1) is 16.2. The van der Waals surface area contributed by atoms with E-state index < -0.39 is 17.8 Å². The van der Waals surface area contributed by atoms with Crippen LogP contribution in [-0.4, -0.2) is 42.6 Å². The highest BCUT2D eigenvalue weighted by Gasteiger charge is 2.21. The molecule has 2 heterocycles. The fourth-order valence-electron chi connectivity index (χ4n) is 3.33. The number of aromatic nitrogens is 4. The highest BCUT2D eigenvalue weighted by molar-refractivity contribution is 6.10. The quantitative estimate of drug-likeness (QED) is 0.400. The van der Waals surface area contributed by atoms with E-state index in [1.165, 1.54) is 41.3 Å². The molecular formula is C23H19FN6O4. The van der Waals surface area contributed by atoms with Gasteiger partial charge in [-0.3, -0.25) is 9.59 Å². The predicted octanol–water partition coefficient (Wildman–Crippen LogP) is 2.69. The Morgan fingerprint density at radius 2 is 1.71 bits per heavy atom. The molecule has 0 saturated carbocycles. The van der Waals surface area contributed by atoms with Crippen LogP contribution in [0.2, 0.25) is 0 Å². The van der Waals surface area contributed by atoms with E-state index in [0.29, 0.717) is 5.56 Å². The second-order valence-electron chi connectivity index (χ2n) is 7.49. The van der Waals surface area contributed by atoms with Gasteiger partial charge in [-0.05, 0) is 48.4 Å². The zero-order chi connectivity index (χ0) is 24.4. The number of carboxylic acid groups (broad SMARTS) is 1. The number of rotatable bonds is 6. The van der Waals surface area contributed by atoms with Gasteiger partial charge < -0.3 is 15.7 Å². The summed E-state index contributed by atoms with van der Waals surface area (Å²) in [4.78, 5) is 44.6. The number of hydrogen-bond donors (Lipinski definition) is 3. The van der Waals surface area contributed by atoms with Gasteiger partial charge in [-0.2, -0.15) is 5.10 Å². The highest BCUT2D eigenvalue weighted by atomic mass is 19.1. The summed E-state index contributed by atoms with van der Waals surface area (Å²) in [6.45, 7) is 1.80. The van der Waals surface area contributed by atoms with E-state index in [1.54, 1.807) is 26.1 Å². The Balaban J connectivity index is 1.55. The minimum atomic E-state index is -1.10. The van der Waals surface area contributed by atoms with E-state index in [2.05, 4.69) is 25.7 Å². The number of benzene rings is 2. The van der Waals surface area contributed by atoms with E-state index in [0.717, 1.165) is 5.56 Å². The molecule has 0 fully saturated rings. The maximum Gasteiger partial charge on any atom is 0.335 e. The summed E-state index contributed by atoms with van der Waals surface area (Å²) in [5.74, 6) is -2.18. The molecule has 0 atom stereocenters. The number of nitrogens with one attached hydrogen (secondary N) is 2. The number of hydrogen-bond acceptors (Lipinski definition) is 6. The minimum Gasteiger partial charge on any atom is -0.478 e. The molecule has 0 radical (unpaired) electrons. The molecule has 10 nitrogen and oxygen atoms in total. The van der Waals surface area contributed by atoms with Crippen LogP contribution in [0.3, 0.4) is 0 Å². The van der Waals surface area contributed by atoms with Gasteiger partial charge >= 0.3 is 5.97 Å². The number of halogens is 1. The lowest BCUT2D eigenvalue weighted by Crippen LogP contribution is -2.24. The molecule has 0 bridgehead atoms. The van der Waals surface area contributed by atoms with Crippen LogP contribution in [0.5, 0.6) is 0 Å². The van der Waals surface area contributed by atoms with Crippen LogP contribution in [0.15, 0.2) is 48.8 Å². The van der Waals surface area contributed by atoms with Crippen molar-refractivity contribution in [1.82, 2.24) is 25.1 Å². The summed E-state index contributed by atoms with van der Waals surface area (Å²) in [5.41, 5.74) is 1.96. The Bertz CT molecular complexity index is 1430. The van der Waals surface area contributed by atoms with Crippen LogP contribution in [0.4, 0.5) is 10.2 Å². The molecule has 4 aromatic rings. The Labute approximate surface area is 192 Å². The lowest BCUT2D eigenvalue weighted by atomic mass is 10.1. The minimum absolute atomic E-state index is 0.0192. The number of anilines is 1. The van der Waals surface area contributed by atoms with Gasteiger partial charge in [0.05, 0.1) is 5.56 Å². The van der Waals surface area contributed by atoms with Gasteiger partial charge in [0.25, 0.3) is 11.8 Å². The highest BCUT2D eigenvalue weighted by Crippen LogP contribution is 2.23. The first kappa shape index (κ1) is 22.5. The van der Waals surface area contributed by atoms with Crippen molar-refractivity contribution in [2.75, 3.05) is 5.32 Å². The lowest BCUT2D eigenvalue weighted by molar-refractivity contribution is 0.0696. The molecular weight excluding hydrogens is 443 g/mol. The molecule has 172 valence electrons. The largest absolute Gasteiger partial charge is 0.478 e. The molecule has 34 heavy (non-hydrogen) atoms. The van der Waals surface area contributed by atoms with Gasteiger partial charge in [-0.15, -0.1) is 0 Å². The zero-order valence-corrected chi connectivity index (χ0v) is 18.2. The third-order valence-electron chi connectivity index (χ3n) is 5.14. The molecule has 0 saturated heterocycles. The molecule has 0 aliphatic carbocycles. The van der Waals surface area contributed by atoms with E-state index in [1.807, 2.05) is 0 Å². The van der Waals surface area contributed by atoms with Crippen molar-refractivity contribution in [2.45, 2.75) is 13.5 Å². The molecule has 11 heteroatoms. The SMILES string of the molecule is Cc1cc(CNC(=O)c2ncnc3c(NC(=O)c4ccc(C(=O)O)cc4)n(C)nc23)ccc1F. The van der Waals surface area contributed by atoms with Crippen LogP contribution in [-0.2, 0) is 13.6 Å². The molecule has 0 aliphatic rings. The van der Waals surface area contributed by atoms with E-state index >= 15 is 0 Å². The van der Waals surface area contributed by atoms with Crippen molar-refractivity contribution < 1.29 is 23.9 Å². The number of aryl methyl sites for hydroxylation is 2. The first-order valence-electron chi connectivity index (χ1n) is 10.1. The number of carbonyl (C=O) groups is 3. The smallest absolute Gasteiger partial charge is 0.335 e. The Kier molecular flexibility index (Phi) is 6.00. The molecule has 4 rings (SSSR count). The van der Waals surface area contributed by atoms with Gasteiger partial charge in [-0.1, -0.05) is 12.1 Å².